The van der Waals surface area contributed by atoms with Crippen LogP contribution in [-0.2, 0) is 0 Å². The van der Waals surface area contributed by atoms with Crippen molar-refractivity contribution in [2.45, 2.75) is 0 Å². The van der Waals surface area contributed by atoms with Crippen LogP contribution in [0.3, 0.4) is 0 Å². The monoisotopic (exact) mass is 808 g/mol. The largest absolute Gasteiger partial charge is 0.456 e. The molecule has 0 spiro atoms. The van der Waals surface area contributed by atoms with Crippen molar-refractivity contribution in [1.82, 2.24) is 29.5 Å². The molecule has 63 heavy (non-hydrogen) atoms. The van der Waals surface area contributed by atoms with E-state index < -0.39 is 0 Å². The van der Waals surface area contributed by atoms with E-state index in [1.165, 1.54) is 5.39 Å². The number of hydrogen-bond acceptors (Lipinski definition) is 7. The molecule has 0 radical (unpaired) electrons. The first-order valence-corrected chi connectivity index (χ1v) is 20.8. The molecule has 8 aromatic carbocycles. The van der Waals surface area contributed by atoms with Crippen LogP contribution < -0.4 is 0 Å². The highest BCUT2D eigenvalue weighted by Gasteiger charge is 2.21. The molecule has 13 aromatic rings. The van der Waals surface area contributed by atoms with E-state index >= 15 is 0 Å². The van der Waals surface area contributed by atoms with Gasteiger partial charge in [0.05, 0.1) is 11.0 Å². The molecular formula is C55H32N6O2. The fourth-order valence-corrected chi connectivity index (χ4v) is 8.88. The quantitative estimate of drug-likeness (QED) is 0.165. The van der Waals surface area contributed by atoms with Crippen LogP contribution >= 0.6 is 0 Å². The van der Waals surface area contributed by atoms with Gasteiger partial charge in [0.15, 0.2) is 28.9 Å². The lowest BCUT2D eigenvalue weighted by molar-refractivity contribution is 0.667. The number of fused-ring (bicyclic) bond motifs is 9. The van der Waals surface area contributed by atoms with Gasteiger partial charge in [-0.15, -0.1) is 0 Å². The molecular weight excluding hydrogens is 777 g/mol. The normalized spacial score (nSPS) is 11.8. The van der Waals surface area contributed by atoms with Gasteiger partial charge in [-0.05, 0) is 66.7 Å². The van der Waals surface area contributed by atoms with Crippen LogP contribution in [0.4, 0.5) is 0 Å². The molecule has 0 saturated carbocycles. The van der Waals surface area contributed by atoms with Crippen molar-refractivity contribution >= 4 is 65.8 Å². The SMILES string of the molecule is c1ccc(-c2nc(-c3ccc4oc5cc(-c6nc(-c7ccccc7)c7oc8ccccc8c7n6)ccc5c4c3)nc(-c3ccc4c5ccccc5n(-c5ccccc5)c4c3)n2)cc1. The molecule has 5 heterocycles. The van der Waals surface area contributed by atoms with Gasteiger partial charge in [-0.1, -0.05) is 127 Å². The lowest BCUT2D eigenvalue weighted by Crippen LogP contribution is -2.00. The average Bonchev–Trinajstić information content (AvgIpc) is 4.03. The van der Waals surface area contributed by atoms with E-state index in [1.807, 2.05) is 109 Å². The number of rotatable bonds is 6. The Labute approximate surface area is 359 Å². The molecule has 0 unspecified atom stereocenters. The Bertz CT molecular complexity index is 3910. The number of hydrogen-bond donors (Lipinski definition) is 0. The fraction of sp³-hybridized carbons (Fsp3) is 0. The molecule has 8 heteroatoms. The van der Waals surface area contributed by atoms with Crippen LogP contribution in [0.2, 0.25) is 0 Å². The van der Waals surface area contributed by atoms with Crippen molar-refractivity contribution in [3.05, 3.63) is 194 Å². The summed E-state index contributed by atoms with van der Waals surface area (Å²) in [6.45, 7) is 0. The highest BCUT2D eigenvalue weighted by molar-refractivity contribution is 6.11. The molecule has 0 N–H and O–H groups in total. The standard InChI is InChI=1S/C55H32N6O2/c1-4-14-33(15-5-1)49-51-50(42-21-11-13-23-46(42)63-51)57-53(56-49)37-25-28-41-43-30-35(26-29-47(43)62-48(41)32-37)54-58-52(34-16-6-2-7-17-34)59-55(60-54)36-24-27-40-39-20-10-12-22-44(39)61(45(40)31-36)38-18-8-3-9-19-38/h1-32H. The smallest absolute Gasteiger partial charge is 0.180 e. The second-order valence-electron chi connectivity index (χ2n) is 15.7. The van der Waals surface area contributed by atoms with Gasteiger partial charge in [0, 0.05) is 60.4 Å². The van der Waals surface area contributed by atoms with Gasteiger partial charge < -0.3 is 13.4 Å². The number of nitrogens with zero attached hydrogens (tertiary/aromatic N) is 6. The van der Waals surface area contributed by atoms with Gasteiger partial charge >= 0.3 is 0 Å². The molecule has 5 aromatic heterocycles. The van der Waals surface area contributed by atoms with E-state index in [4.69, 9.17) is 33.8 Å². The Kier molecular flexibility index (Phi) is 7.74. The van der Waals surface area contributed by atoms with E-state index in [1.54, 1.807) is 0 Å². The Morgan fingerprint density at radius 1 is 0.317 bits per heavy atom. The maximum absolute atomic E-state index is 6.53. The minimum absolute atomic E-state index is 0.568. The highest BCUT2D eigenvalue weighted by Crippen LogP contribution is 2.39. The number of benzene rings is 8. The van der Waals surface area contributed by atoms with Crippen molar-refractivity contribution in [3.8, 4) is 62.5 Å². The molecule has 8 nitrogen and oxygen atoms in total. The summed E-state index contributed by atoms with van der Waals surface area (Å²) >= 11 is 0. The molecule has 0 aliphatic carbocycles. The Morgan fingerprint density at radius 2 is 0.873 bits per heavy atom. The topological polar surface area (TPSA) is 95.7 Å². The number of para-hydroxylation sites is 3. The maximum Gasteiger partial charge on any atom is 0.180 e. The van der Waals surface area contributed by atoms with Crippen LogP contribution in [0.15, 0.2) is 203 Å². The Balaban J connectivity index is 0.945. The maximum atomic E-state index is 6.53. The van der Waals surface area contributed by atoms with Crippen molar-refractivity contribution in [2.24, 2.45) is 0 Å². The first-order valence-electron chi connectivity index (χ1n) is 20.8. The summed E-state index contributed by atoms with van der Waals surface area (Å²) < 4.78 is 15.2. The van der Waals surface area contributed by atoms with Gasteiger partial charge in [-0.3, -0.25) is 0 Å². The molecule has 13 rings (SSSR count). The third-order valence-electron chi connectivity index (χ3n) is 11.9. The van der Waals surface area contributed by atoms with Gasteiger partial charge in [-0.25, -0.2) is 24.9 Å². The second-order valence-corrected chi connectivity index (χ2v) is 15.7. The summed E-state index contributed by atoms with van der Waals surface area (Å²) in [6.07, 6.45) is 0. The predicted molar refractivity (Wildman–Crippen MR) is 251 cm³/mol. The van der Waals surface area contributed by atoms with Crippen molar-refractivity contribution < 1.29 is 8.83 Å². The summed E-state index contributed by atoms with van der Waals surface area (Å²) in [6, 6.07) is 65.9. The molecule has 0 bridgehead atoms. The summed E-state index contributed by atoms with van der Waals surface area (Å²) in [5.41, 5.74) is 12.2. The molecule has 0 saturated heterocycles. The first-order chi connectivity index (χ1) is 31.2. The van der Waals surface area contributed by atoms with E-state index in [0.29, 0.717) is 28.9 Å². The molecule has 0 aliphatic rings. The number of aromatic nitrogens is 6. The summed E-state index contributed by atoms with van der Waals surface area (Å²) in [5, 5.41) is 5.21. The minimum atomic E-state index is 0.568. The van der Waals surface area contributed by atoms with Crippen LogP contribution in [0.5, 0.6) is 0 Å². The molecule has 0 atom stereocenters. The zero-order valence-corrected chi connectivity index (χ0v) is 33.5. The molecule has 0 fully saturated rings. The van der Waals surface area contributed by atoms with Gasteiger partial charge in [0.25, 0.3) is 0 Å². The minimum Gasteiger partial charge on any atom is -0.456 e. The fourth-order valence-electron chi connectivity index (χ4n) is 8.88. The van der Waals surface area contributed by atoms with E-state index in [9.17, 15) is 0 Å². The predicted octanol–water partition coefficient (Wildman–Crippen LogP) is 13.9. The van der Waals surface area contributed by atoms with E-state index in [0.717, 1.165) is 94.0 Å². The third kappa shape index (κ3) is 5.73. The van der Waals surface area contributed by atoms with Crippen molar-refractivity contribution in [1.29, 1.82) is 0 Å². The lowest BCUT2D eigenvalue weighted by Gasteiger charge is -2.10. The zero-order chi connectivity index (χ0) is 41.4. The van der Waals surface area contributed by atoms with E-state index in [2.05, 4.69) is 89.5 Å². The summed E-state index contributed by atoms with van der Waals surface area (Å²) in [7, 11) is 0. The van der Waals surface area contributed by atoms with Crippen molar-refractivity contribution in [3.63, 3.8) is 0 Å². The zero-order valence-electron chi connectivity index (χ0n) is 33.5. The van der Waals surface area contributed by atoms with Gasteiger partial charge in [-0.2, -0.15) is 0 Å². The van der Waals surface area contributed by atoms with Crippen LogP contribution in [-0.4, -0.2) is 29.5 Å². The van der Waals surface area contributed by atoms with E-state index in [-0.39, 0.29) is 0 Å². The van der Waals surface area contributed by atoms with Crippen LogP contribution in [0, 0.1) is 0 Å². The molecule has 0 aliphatic heterocycles. The first kappa shape index (κ1) is 35.0. The number of furan rings is 2. The molecule has 294 valence electrons. The second kappa shape index (κ2) is 13.9. The lowest BCUT2D eigenvalue weighted by atomic mass is 10.1. The van der Waals surface area contributed by atoms with Crippen LogP contribution in [0.25, 0.3) is 128 Å². The third-order valence-corrected chi connectivity index (χ3v) is 11.9. The Hall–Kier alpha value is -8.75. The van der Waals surface area contributed by atoms with Crippen molar-refractivity contribution in [2.75, 3.05) is 0 Å². The highest BCUT2D eigenvalue weighted by atomic mass is 16.3. The average molecular weight is 809 g/mol. The Morgan fingerprint density at radius 3 is 1.65 bits per heavy atom. The van der Waals surface area contributed by atoms with Gasteiger partial charge in [0.2, 0.25) is 0 Å². The summed E-state index contributed by atoms with van der Waals surface area (Å²) in [4.78, 5) is 25.5. The van der Waals surface area contributed by atoms with Gasteiger partial charge in [0.1, 0.15) is 28.0 Å². The summed E-state index contributed by atoms with van der Waals surface area (Å²) in [5.74, 6) is 2.34. The van der Waals surface area contributed by atoms with Crippen LogP contribution in [0.1, 0.15) is 0 Å². The molecule has 0 amide bonds.